The summed E-state index contributed by atoms with van der Waals surface area (Å²) >= 11 is 0. The molecule has 2 saturated heterocycles. The molecule has 2 aliphatic heterocycles. The average Bonchev–Trinajstić information content (AvgIpc) is 3.29. The number of anilines is 1. The first kappa shape index (κ1) is 24.4. The summed E-state index contributed by atoms with van der Waals surface area (Å²) in [7, 11) is 0. The summed E-state index contributed by atoms with van der Waals surface area (Å²) in [5, 5.41) is 3.08. The number of aryl methyl sites for hydroxylation is 2. The number of piperazine rings is 1. The molecule has 0 radical (unpaired) electrons. The maximum absolute atomic E-state index is 12.7. The van der Waals surface area contributed by atoms with Gasteiger partial charge in [0.1, 0.15) is 5.69 Å². The summed E-state index contributed by atoms with van der Waals surface area (Å²) in [6, 6.07) is 7.74. The zero-order valence-electron chi connectivity index (χ0n) is 21.3. The third-order valence-corrected chi connectivity index (χ3v) is 7.25. The van der Waals surface area contributed by atoms with Crippen LogP contribution in [0.25, 0.3) is 11.0 Å². The minimum atomic E-state index is -0.323. The molecule has 1 amide bonds. The molecule has 9 heteroatoms. The van der Waals surface area contributed by atoms with Gasteiger partial charge in [-0.2, -0.15) is 0 Å². The number of hydrogen-bond donors (Lipinski definition) is 2. The number of aromatic nitrogens is 3. The number of carbonyl (C=O) groups excluding carboxylic acids is 1. The van der Waals surface area contributed by atoms with Gasteiger partial charge < -0.3 is 19.9 Å². The lowest BCUT2D eigenvalue weighted by atomic mass is 10.0. The summed E-state index contributed by atoms with van der Waals surface area (Å²) in [6.45, 7) is 11.5. The number of carbonyl (C=O) groups is 1. The van der Waals surface area contributed by atoms with E-state index < -0.39 is 0 Å². The first-order valence-electron chi connectivity index (χ1n) is 12.7. The predicted molar refractivity (Wildman–Crippen MR) is 140 cm³/mol. The largest absolute Gasteiger partial charge is 0.379 e. The minimum absolute atomic E-state index is 0.0354. The molecule has 2 N–H and O–H groups in total. The van der Waals surface area contributed by atoms with E-state index in [1.807, 2.05) is 51.2 Å². The van der Waals surface area contributed by atoms with Crippen LogP contribution in [0.3, 0.4) is 0 Å². The van der Waals surface area contributed by atoms with Crippen LogP contribution in [0.4, 0.5) is 5.69 Å². The first-order chi connectivity index (χ1) is 17.3. The normalized spacial score (nSPS) is 20.7. The number of rotatable bonds is 6. The Bertz CT molecular complexity index is 1320. The number of H-pyrrole nitrogens is 1. The number of ether oxygens (including phenoxy) is 1. The van der Waals surface area contributed by atoms with Crippen LogP contribution in [-0.4, -0.2) is 70.7 Å². The molecule has 0 aromatic carbocycles. The monoisotopic (exact) mass is 490 g/mol. The van der Waals surface area contributed by atoms with Crippen molar-refractivity contribution in [1.29, 1.82) is 0 Å². The van der Waals surface area contributed by atoms with Crippen LogP contribution in [0.5, 0.6) is 0 Å². The van der Waals surface area contributed by atoms with E-state index in [0.29, 0.717) is 25.3 Å². The predicted octanol–water partition coefficient (Wildman–Crippen LogP) is 2.42. The van der Waals surface area contributed by atoms with Crippen molar-refractivity contribution in [2.75, 3.05) is 44.3 Å². The van der Waals surface area contributed by atoms with E-state index in [1.165, 1.54) is 0 Å². The molecule has 2 fully saturated rings. The Morgan fingerprint density at radius 3 is 2.72 bits per heavy atom. The molecule has 0 aliphatic carbocycles. The third-order valence-electron chi connectivity index (χ3n) is 7.25. The second-order valence-electron chi connectivity index (χ2n) is 10.1. The third kappa shape index (κ3) is 5.12. The van der Waals surface area contributed by atoms with Gasteiger partial charge in [-0.25, -0.2) is 4.98 Å². The Morgan fingerprint density at radius 1 is 1.22 bits per heavy atom. The van der Waals surface area contributed by atoms with Gasteiger partial charge in [-0.3, -0.25) is 19.5 Å². The number of nitrogens with zero attached hydrogens (tertiary/aromatic N) is 4. The smallest absolute Gasteiger partial charge is 0.270 e. The van der Waals surface area contributed by atoms with Crippen molar-refractivity contribution in [2.24, 2.45) is 0 Å². The number of pyridine rings is 3. The van der Waals surface area contributed by atoms with Gasteiger partial charge in [0.2, 0.25) is 0 Å². The maximum atomic E-state index is 12.7. The van der Waals surface area contributed by atoms with Crippen LogP contribution in [0.2, 0.25) is 0 Å². The van der Waals surface area contributed by atoms with E-state index in [1.54, 1.807) is 0 Å². The van der Waals surface area contributed by atoms with Crippen LogP contribution in [-0.2, 0) is 17.7 Å². The molecule has 9 nitrogen and oxygen atoms in total. The fourth-order valence-corrected chi connectivity index (χ4v) is 5.04. The van der Waals surface area contributed by atoms with Crippen molar-refractivity contribution < 1.29 is 9.53 Å². The minimum Gasteiger partial charge on any atom is -0.379 e. The molecular weight excluding hydrogens is 456 g/mol. The molecule has 190 valence electrons. The van der Waals surface area contributed by atoms with E-state index in [2.05, 4.69) is 30.1 Å². The topological polar surface area (TPSA) is 103 Å². The highest BCUT2D eigenvalue weighted by Crippen LogP contribution is 2.23. The Balaban J connectivity index is 1.20. The Hall–Kier alpha value is -3.30. The maximum Gasteiger partial charge on any atom is 0.270 e. The molecular formula is C27H34N6O3. The van der Waals surface area contributed by atoms with Crippen LogP contribution in [0.15, 0.2) is 35.3 Å². The van der Waals surface area contributed by atoms with Gasteiger partial charge in [0, 0.05) is 51.1 Å². The summed E-state index contributed by atoms with van der Waals surface area (Å²) in [6.07, 6.45) is 3.41. The van der Waals surface area contributed by atoms with Crippen LogP contribution >= 0.6 is 0 Å². The number of nitrogens with one attached hydrogen (secondary N) is 2. The molecule has 0 saturated carbocycles. The molecule has 1 atom stereocenters. The van der Waals surface area contributed by atoms with Gasteiger partial charge in [-0.05, 0) is 56.5 Å². The van der Waals surface area contributed by atoms with Gasteiger partial charge in [0.05, 0.1) is 34.6 Å². The lowest BCUT2D eigenvalue weighted by Gasteiger charge is -2.36. The van der Waals surface area contributed by atoms with Crippen LogP contribution in [0, 0.1) is 6.92 Å². The van der Waals surface area contributed by atoms with Gasteiger partial charge in [0.25, 0.3) is 11.5 Å². The molecule has 0 bridgehead atoms. The van der Waals surface area contributed by atoms with Gasteiger partial charge in [0.15, 0.2) is 0 Å². The van der Waals surface area contributed by atoms with Gasteiger partial charge >= 0.3 is 0 Å². The Labute approximate surface area is 210 Å². The first-order valence-corrected chi connectivity index (χ1v) is 12.7. The van der Waals surface area contributed by atoms with Crippen molar-refractivity contribution in [1.82, 2.24) is 25.2 Å². The van der Waals surface area contributed by atoms with Crippen molar-refractivity contribution in [2.45, 2.75) is 45.7 Å². The zero-order chi connectivity index (χ0) is 25.3. The number of fused-ring (bicyclic) bond motifs is 1. The lowest BCUT2D eigenvalue weighted by molar-refractivity contribution is 0.0884. The molecule has 3 aromatic heterocycles. The highest BCUT2D eigenvalue weighted by molar-refractivity contribution is 5.93. The Morgan fingerprint density at radius 2 is 2.03 bits per heavy atom. The molecule has 5 rings (SSSR count). The number of amides is 1. The van der Waals surface area contributed by atoms with E-state index in [4.69, 9.17) is 4.74 Å². The molecule has 3 aromatic rings. The van der Waals surface area contributed by atoms with Gasteiger partial charge in [-0.1, -0.05) is 6.92 Å². The summed E-state index contributed by atoms with van der Waals surface area (Å²) in [4.78, 5) is 41.8. The van der Waals surface area contributed by atoms with E-state index in [-0.39, 0.29) is 17.0 Å². The summed E-state index contributed by atoms with van der Waals surface area (Å²) in [5.41, 5.74) is 5.47. The van der Waals surface area contributed by atoms with E-state index in [9.17, 15) is 9.59 Å². The molecule has 1 unspecified atom stereocenters. The van der Waals surface area contributed by atoms with Gasteiger partial charge in [-0.15, -0.1) is 0 Å². The quantitative estimate of drug-likeness (QED) is 0.547. The van der Waals surface area contributed by atoms with E-state index >= 15 is 0 Å². The standard InChI is InChI=1S/C27H34N6O3/c1-4-20-14-22-23(30-25(20)34)13-19(15-28-22)16-32-8-10-33(11-9-32)24-6-5-21(29-18(24)2)26(35)31-27(3)7-12-36-17-27/h5-6,13-15H,4,7-12,16-17H2,1-3H3,(H,30,34)(H,31,35). The van der Waals surface area contributed by atoms with Crippen molar-refractivity contribution in [3.8, 4) is 0 Å². The fraction of sp³-hybridized carbons (Fsp3) is 0.481. The van der Waals surface area contributed by atoms with Crippen LogP contribution in [0.1, 0.15) is 47.6 Å². The summed E-state index contributed by atoms with van der Waals surface area (Å²) in [5.74, 6) is -0.154. The molecule has 36 heavy (non-hydrogen) atoms. The average molecular weight is 491 g/mol. The zero-order valence-corrected chi connectivity index (χ0v) is 21.3. The summed E-state index contributed by atoms with van der Waals surface area (Å²) < 4.78 is 5.43. The van der Waals surface area contributed by atoms with Crippen molar-refractivity contribution in [3.05, 3.63) is 63.3 Å². The van der Waals surface area contributed by atoms with Crippen molar-refractivity contribution >= 4 is 22.6 Å². The fourth-order valence-electron chi connectivity index (χ4n) is 5.04. The second kappa shape index (κ2) is 9.99. The SMILES string of the molecule is CCc1cc2ncc(CN3CCN(c4ccc(C(=O)NC5(C)CCOC5)nc4C)CC3)cc2[nH]c1=O. The highest BCUT2D eigenvalue weighted by Gasteiger charge is 2.32. The number of hydrogen-bond acceptors (Lipinski definition) is 7. The Kier molecular flexibility index (Phi) is 6.77. The van der Waals surface area contributed by atoms with Crippen molar-refractivity contribution in [3.63, 3.8) is 0 Å². The van der Waals surface area contributed by atoms with Crippen LogP contribution < -0.4 is 15.8 Å². The van der Waals surface area contributed by atoms with E-state index in [0.717, 1.165) is 72.7 Å². The molecule has 5 heterocycles. The lowest BCUT2D eigenvalue weighted by Crippen LogP contribution is -2.47. The molecule has 2 aliphatic rings. The highest BCUT2D eigenvalue weighted by atomic mass is 16.5. The second-order valence-corrected chi connectivity index (χ2v) is 10.1. The number of aromatic amines is 1. The molecule has 0 spiro atoms.